The lowest BCUT2D eigenvalue weighted by molar-refractivity contribution is 0.317. The van der Waals surface area contributed by atoms with Crippen molar-refractivity contribution in [2.75, 3.05) is 43.0 Å². The van der Waals surface area contributed by atoms with Crippen LogP contribution in [0.4, 0.5) is 17.4 Å². The zero-order valence-electron chi connectivity index (χ0n) is 16.1. The lowest BCUT2D eigenvalue weighted by Crippen LogP contribution is -2.43. The van der Waals surface area contributed by atoms with E-state index in [0.717, 1.165) is 49.6 Å². The summed E-state index contributed by atoms with van der Waals surface area (Å²) in [4.78, 5) is 6.74. The average molecular weight is 378 g/mol. The van der Waals surface area contributed by atoms with Crippen LogP contribution in [-0.2, 0) is 0 Å². The zero-order valence-corrected chi connectivity index (χ0v) is 16.1. The molecule has 0 atom stereocenters. The minimum atomic E-state index is 0.477. The van der Waals surface area contributed by atoms with Crippen LogP contribution in [-0.4, -0.2) is 37.8 Å². The SMILES string of the molecule is CCCOc1cccc(-c2cnc(Nc3ccc(N4CCNCC4)cc3)o2)c1. The van der Waals surface area contributed by atoms with E-state index in [0.29, 0.717) is 18.4 Å². The molecule has 0 amide bonds. The summed E-state index contributed by atoms with van der Waals surface area (Å²) in [5, 5.41) is 6.61. The van der Waals surface area contributed by atoms with Gasteiger partial charge in [0.1, 0.15) is 5.75 Å². The summed E-state index contributed by atoms with van der Waals surface area (Å²) in [7, 11) is 0. The second-order valence-corrected chi connectivity index (χ2v) is 6.81. The molecule has 3 aromatic rings. The molecule has 0 radical (unpaired) electrons. The number of nitrogens with zero attached hydrogens (tertiary/aromatic N) is 2. The molecule has 1 aliphatic rings. The van der Waals surface area contributed by atoms with E-state index in [9.17, 15) is 0 Å². The lowest BCUT2D eigenvalue weighted by Gasteiger charge is -2.29. The van der Waals surface area contributed by atoms with Crippen LogP contribution in [0.5, 0.6) is 5.75 Å². The first-order chi connectivity index (χ1) is 13.8. The molecule has 1 saturated heterocycles. The highest BCUT2D eigenvalue weighted by molar-refractivity contribution is 5.62. The fourth-order valence-corrected chi connectivity index (χ4v) is 3.23. The Morgan fingerprint density at radius 2 is 1.96 bits per heavy atom. The predicted molar refractivity (Wildman–Crippen MR) is 113 cm³/mol. The number of nitrogens with one attached hydrogen (secondary N) is 2. The van der Waals surface area contributed by atoms with Crippen LogP contribution in [0.3, 0.4) is 0 Å². The lowest BCUT2D eigenvalue weighted by atomic mass is 10.2. The Morgan fingerprint density at radius 1 is 1.14 bits per heavy atom. The highest BCUT2D eigenvalue weighted by Gasteiger charge is 2.11. The van der Waals surface area contributed by atoms with Gasteiger partial charge in [-0.2, -0.15) is 0 Å². The molecule has 0 aliphatic carbocycles. The fourth-order valence-electron chi connectivity index (χ4n) is 3.23. The van der Waals surface area contributed by atoms with E-state index in [2.05, 4.69) is 51.7 Å². The van der Waals surface area contributed by atoms with Crippen LogP contribution in [0.15, 0.2) is 59.1 Å². The second-order valence-electron chi connectivity index (χ2n) is 6.81. The quantitative estimate of drug-likeness (QED) is 0.640. The largest absolute Gasteiger partial charge is 0.494 e. The topological polar surface area (TPSA) is 62.6 Å². The molecule has 0 bridgehead atoms. The molecule has 28 heavy (non-hydrogen) atoms. The maximum Gasteiger partial charge on any atom is 0.299 e. The van der Waals surface area contributed by atoms with E-state index < -0.39 is 0 Å². The smallest absolute Gasteiger partial charge is 0.299 e. The van der Waals surface area contributed by atoms with E-state index in [4.69, 9.17) is 9.15 Å². The minimum absolute atomic E-state index is 0.477. The first-order valence-corrected chi connectivity index (χ1v) is 9.83. The van der Waals surface area contributed by atoms with Crippen molar-refractivity contribution in [3.63, 3.8) is 0 Å². The Bertz CT molecular complexity index is 886. The Labute approximate surface area is 165 Å². The van der Waals surface area contributed by atoms with Gasteiger partial charge < -0.3 is 24.7 Å². The third-order valence-electron chi connectivity index (χ3n) is 4.70. The number of ether oxygens (including phenoxy) is 1. The number of hydrogen-bond acceptors (Lipinski definition) is 6. The number of oxazole rings is 1. The van der Waals surface area contributed by atoms with Gasteiger partial charge in [-0.05, 0) is 42.8 Å². The summed E-state index contributed by atoms with van der Waals surface area (Å²) < 4.78 is 11.6. The van der Waals surface area contributed by atoms with Crippen molar-refractivity contribution in [1.82, 2.24) is 10.3 Å². The Kier molecular flexibility index (Phi) is 5.77. The van der Waals surface area contributed by atoms with E-state index in [-0.39, 0.29) is 0 Å². The van der Waals surface area contributed by atoms with E-state index in [1.54, 1.807) is 6.20 Å². The Morgan fingerprint density at radius 3 is 2.75 bits per heavy atom. The normalized spacial score (nSPS) is 14.1. The van der Waals surface area contributed by atoms with Crippen molar-refractivity contribution in [1.29, 1.82) is 0 Å². The fraction of sp³-hybridized carbons (Fsp3) is 0.318. The van der Waals surface area contributed by atoms with Gasteiger partial charge in [-0.25, -0.2) is 4.98 Å². The van der Waals surface area contributed by atoms with Crippen LogP contribution >= 0.6 is 0 Å². The third kappa shape index (κ3) is 4.46. The molecule has 0 saturated carbocycles. The first kappa shape index (κ1) is 18.4. The Hall–Kier alpha value is -2.99. The van der Waals surface area contributed by atoms with Crippen LogP contribution < -0.4 is 20.3 Å². The van der Waals surface area contributed by atoms with Gasteiger partial charge in [0.15, 0.2) is 5.76 Å². The van der Waals surface area contributed by atoms with Gasteiger partial charge in [-0.1, -0.05) is 19.1 Å². The first-order valence-electron chi connectivity index (χ1n) is 9.83. The van der Waals surface area contributed by atoms with Crippen LogP contribution in [0.25, 0.3) is 11.3 Å². The average Bonchev–Trinajstić information content (AvgIpc) is 3.22. The summed E-state index contributed by atoms with van der Waals surface area (Å²) in [6, 6.07) is 16.7. The van der Waals surface area contributed by atoms with Gasteiger partial charge in [0.2, 0.25) is 0 Å². The van der Waals surface area contributed by atoms with E-state index in [1.807, 2.05) is 24.3 Å². The van der Waals surface area contributed by atoms with Gasteiger partial charge in [0.25, 0.3) is 6.01 Å². The molecule has 2 heterocycles. The Balaban J connectivity index is 1.42. The van der Waals surface area contributed by atoms with Crippen molar-refractivity contribution in [3.05, 3.63) is 54.7 Å². The van der Waals surface area contributed by atoms with Gasteiger partial charge in [0.05, 0.1) is 12.8 Å². The van der Waals surface area contributed by atoms with Gasteiger partial charge >= 0.3 is 0 Å². The van der Waals surface area contributed by atoms with Crippen LogP contribution in [0, 0.1) is 0 Å². The third-order valence-corrected chi connectivity index (χ3v) is 4.70. The molecule has 6 heteroatoms. The molecule has 2 aromatic carbocycles. The molecule has 0 unspecified atom stereocenters. The molecule has 146 valence electrons. The summed E-state index contributed by atoms with van der Waals surface area (Å²) in [6.07, 6.45) is 2.71. The summed E-state index contributed by atoms with van der Waals surface area (Å²) >= 11 is 0. The van der Waals surface area contributed by atoms with Crippen molar-refractivity contribution < 1.29 is 9.15 Å². The number of benzene rings is 2. The molecular weight excluding hydrogens is 352 g/mol. The van der Waals surface area contributed by atoms with Crippen molar-refractivity contribution >= 4 is 17.4 Å². The van der Waals surface area contributed by atoms with Crippen LogP contribution in [0.1, 0.15) is 13.3 Å². The van der Waals surface area contributed by atoms with Gasteiger partial charge in [-0.15, -0.1) is 0 Å². The molecule has 2 N–H and O–H groups in total. The van der Waals surface area contributed by atoms with Crippen molar-refractivity contribution in [3.8, 4) is 17.1 Å². The number of aromatic nitrogens is 1. The monoisotopic (exact) mass is 378 g/mol. The molecular formula is C22H26N4O2. The van der Waals surface area contributed by atoms with E-state index >= 15 is 0 Å². The second kappa shape index (κ2) is 8.80. The predicted octanol–water partition coefficient (Wildman–Crippen LogP) is 4.28. The number of piperazine rings is 1. The maximum absolute atomic E-state index is 5.88. The summed E-state index contributed by atoms with van der Waals surface area (Å²) in [5.41, 5.74) is 3.14. The number of anilines is 3. The molecule has 1 fully saturated rings. The molecule has 0 spiro atoms. The number of hydrogen-bond donors (Lipinski definition) is 2. The van der Waals surface area contributed by atoms with Crippen molar-refractivity contribution in [2.45, 2.75) is 13.3 Å². The van der Waals surface area contributed by atoms with Crippen molar-refractivity contribution in [2.24, 2.45) is 0 Å². The summed E-state index contributed by atoms with van der Waals surface area (Å²) in [5.74, 6) is 1.55. The van der Waals surface area contributed by atoms with E-state index in [1.165, 1.54) is 5.69 Å². The standard InChI is InChI=1S/C22H26N4O2/c1-2-14-27-20-5-3-4-17(15-20)21-16-24-22(28-21)25-18-6-8-19(9-7-18)26-12-10-23-11-13-26/h3-9,15-16,23H,2,10-14H2,1H3,(H,24,25). The van der Waals surface area contributed by atoms with Gasteiger partial charge in [0, 0.05) is 43.1 Å². The highest BCUT2D eigenvalue weighted by atomic mass is 16.5. The maximum atomic E-state index is 5.88. The molecule has 6 nitrogen and oxygen atoms in total. The number of rotatable bonds is 7. The summed E-state index contributed by atoms with van der Waals surface area (Å²) in [6.45, 7) is 6.94. The molecule has 1 aromatic heterocycles. The molecule has 4 rings (SSSR count). The van der Waals surface area contributed by atoms with Crippen LogP contribution in [0.2, 0.25) is 0 Å². The highest BCUT2D eigenvalue weighted by Crippen LogP contribution is 2.28. The van der Waals surface area contributed by atoms with Gasteiger partial charge in [-0.3, -0.25) is 0 Å². The zero-order chi connectivity index (χ0) is 19.2. The minimum Gasteiger partial charge on any atom is -0.494 e. The molecule has 1 aliphatic heterocycles.